The highest BCUT2D eigenvalue weighted by atomic mass is 79.9. The number of imidazole rings is 1. The SMILES string of the molecule is Cn1cncc1COc1ccc(Br)c(CNC2CC2)c1. The fourth-order valence-electron chi connectivity index (χ4n) is 2.00. The standard InChI is InChI=1S/C15H18BrN3O/c1-19-10-17-8-13(19)9-20-14-4-5-15(16)11(6-14)7-18-12-2-3-12/h4-6,8,10,12,18H,2-3,7,9H2,1H3. The van der Waals surface area contributed by atoms with E-state index in [9.17, 15) is 0 Å². The molecule has 0 spiro atoms. The minimum atomic E-state index is 0.535. The molecule has 0 atom stereocenters. The Balaban J connectivity index is 1.63. The second-order valence-electron chi connectivity index (χ2n) is 5.19. The molecule has 106 valence electrons. The fourth-order valence-corrected chi connectivity index (χ4v) is 2.39. The summed E-state index contributed by atoms with van der Waals surface area (Å²) in [5, 5.41) is 3.52. The molecule has 1 fully saturated rings. The summed E-state index contributed by atoms with van der Waals surface area (Å²) in [5.41, 5.74) is 2.30. The van der Waals surface area contributed by atoms with Crippen LogP contribution in [0, 0.1) is 0 Å². The number of benzene rings is 1. The van der Waals surface area contributed by atoms with Gasteiger partial charge in [0.05, 0.1) is 18.2 Å². The van der Waals surface area contributed by atoms with Crippen LogP contribution in [0.2, 0.25) is 0 Å². The number of nitrogens with zero attached hydrogens (tertiary/aromatic N) is 2. The molecule has 0 bridgehead atoms. The van der Waals surface area contributed by atoms with Crippen LogP contribution in [-0.2, 0) is 20.2 Å². The van der Waals surface area contributed by atoms with Crippen molar-refractivity contribution >= 4 is 15.9 Å². The van der Waals surface area contributed by atoms with E-state index in [1.807, 2.05) is 29.9 Å². The van der Waals surface area contributed by atoms with Crippen LogP contribution in [0.3, 0.4) is 0 Å². The lowest BCUT2D eigenvalue weighted by molar-refractivity contribution is 0.296. The second-order valence-corrected chi connectivity index (χ2v) is 6.05. The Labute approximate surface area is 127 Å². The van der Waals surface area contributed by atoms with Crippen LogP contribution in [0.1, 0.15) is 24.1 Å². The van der Waals surface area contributed by atoms with Crippen molar-refractivity contribution in [3.8, 4) is 5.75 Å². The van der Waals surface area contributed by atoms with Gasteiger partial charge in [-0.1, -0.05) is 15.9 Å². The molecule has 20 heavy (non-hydrogen) atoms. The van der Waals surface area contributed by atoms with Gasteiger partial charge in [-0.15, -0.1) is 0 Å². The van der Waals surface area contributed by atoms with E-state index in [2.05, 4.69) is 32.3 Å². The smallest absolute Gasteiger partial charge is 0.130 e. The molecule has 1 aliphatic carbocycles. The summed E-state index contributed by atoms with van der Waals surface area (Å²) >= 11 is 3.59. The molecule has 0 aliphatic heterocycles. The molecule has 0 radical (unpaired) electrons. The number of hydrogen-bond donors (Lipinski definition) is 1. The van der Waals surface area contributed by atoms with Crippen molar-refractivity contribution < 1.29 is 4.74 Å². The molecule has 0 unspecified atom stereocenters. The van der Waals surface area contributed by atoms with Crippen molar-refractivity contribution in [1.82, 2.24) is 14.9 Å². The average molecular weight is 336 g/mol. The third-order valence-corrected chi connectivity index (χ3v) is 4.25. The van der Waals surface area contributed by atoms with Crippen molar-refractivity contribution in [1.29, 1.82) is 0 Å². The molecule has 0 amide bonds. The summed E-state index contributed by atoms with van der Waals surface area (Å²) in [6.45, 7) is 1.42. The topological polar surface area (TPSA) is 39.1 Å². The number of nitrogens with one attached hydrogen (secondary N) is 1. The summed E-state index contributed by atoms with van der Waals surface area (Å²) < 4.78 is 8.93. The second kappa shape index (κ2) is 5.97. The van der Waals surface area contributed by atoms with Crippen LogP contribution in [0.5, 0.6) is 5.75 Å². The van der Waals surface area contributed by atoms with E-state index >= 15 is 0 Å². The van der Waals surface area contributed by atoms with Gasteiger partial charge in [0.2, 0.25) is 0 Å². The lowest BCUT2D eigenvalue weighted by Crippen LogP contribution is -2.15. The number of aromatic nitrogens is 2. The Bertz CT molecular complexity index is 593. The number of aryl methyl sites for hydroxylation is 1. The Morgan fingerprint density at radius 2 is 2.30 bits per heavy atom. The molecule has 1 heterocycles. The Morgan fingerprint density at radius 1 is 1.45 bits per heavy atom. The Morgan fingerprint density at radius 3 is 3.00 bits per heavy atom. The van der Waals surface area contributed by atoms with Crippen LogP contribution < -0.4 is 10.1 Å². The molecule has 1 aromatic heterocycles. The van der Waals surface area contributed by atoms with Crippen molar-refractivity contribution in [2.45, 2.75) is 32.0 Å². The first-order chi connectivity index (χ1) is 9.72. The third kappa shape index (κ3) is 3.41. The summed E-state index contributed by atoms with van der Waals surface area (Å²) in [4.78, 5) is 4.09. The van der Waals surface area contributed by atoms with Gasteiger partial charge in [-0.2, -0.15) is 0 Å². The molecule has 0 saturated heterocycles. The van der Waals surface area contributed by atoms with Crippen molar-refractivity contribution in [2.24, 2.45) is 7.05 Å². The predicted molar refractivity (Wildman–Crippen MR) is 81.5 cm³/mol. The van der Waals surface area contributed by atoms with Crippen molar-refractivity contribution in [3.05, 3.63) is 46.5 Å². The third-order valence-electron chi connectivity index (χ3n) is 3.48. The number of rotatable bonds is 6. The van der Waals surface area contributed by atoms with Gasteiger partial charge in [-0.05, 0) is 36.6 Å². The lowest BCUT2D eigenvalue weighted by Gasteiger charge is -2.10. The molecular weight excluding hydrogens is 318 g/mol. The average Bonchev–Trinajstić information content (AvgIpc) is 3.18. The van der Waals surface area contributed by atoms with Gasteiger partial charge in [-0.3, -0.25) is 0 Å². The van der Waals surface area contributed by atoms with E-state index in [-0.39, 0.29) is 0 Å². The van der Waals surface area contributed by atoms with E-state index in [0.717, 1.165) is 22.5 Å². The molecular formula is C15H18BrN3O. The van der Waals surface area contributed by atoms with Gasteiger partial charge in [0.25, 0.3) is 0 Å². The van der Waals surface area contributed by atoms with Crippen molar-refractivity contribution in [2.75, 3.05) is 0 Å². The lowest BCUT2D eigenvalue weighted by atomic mass is 10.2. The minimum absolute atomic E-state index is 0.535. The number of ether oxygens (including phenoxy) is 1. The minimum Gasteiger partial charge on any atom is -0.487 e. The quantitative estimate of drug-likeness (QED) is 0.881. The molecule has 5 heteroatoms. The summed E-state index contributed by atoms with van der Waals surface area (Å²) in [6.07, 6.45) is 6.21. The first-order valence-electron chi connectivity index (χ1n) is 6.82. The molecule has 1 aliphatic rings. The molecule has 1 aromatic carbocycles. The zero-order valence-corrected chi connectivity index (χ0v) is 13.1. The van der Waals surface area contributed by atoms with Crippen LogP contribution in [0.25, 0.3) is 0 Å². The molecule has 4 nitrogen and oxygen atoms in total. The zero-order chi connectivity index (χ0) is 13.9. The Hall–Kier alpha value is -1.33. The maximum atomic E-state index is 5.84. The molecule has 2 aromatic rings. The van der Waals surface area contributed by atoms with Gasteiger partial charge in [-0.25, -0.2) is 4.98 Å². The normalized spacial score (nSPS) is 14.5. The monoisotopic (exact) mass is 335 g/mol. The van der Waals surface area contributed by atoms with Crippen LogP contribution in [0.4, 0.5) is 0 Å². The highest BCUT2D eigenvalue weighted by Crippen LogP contribution is 2.25. The largest absolute Gasteiger partial charge is 0.487 e. The highest BCUT2D eigenvalue weighted by molar-refractivity contribution is 9.10. The number of halogens is 1. The summed E-state index contributed by atoms with van der Waals surface area (Å²) in [6, 6.07) is 6.83. The van der Waals surface area contributed by atoms with E-state index in [0.29, 0.717) is 12.6 Å². The predicted octanol–water partition coefficient (Wildman–Crippen LogP) is 3.01. The zero-order valence-electron chi connectivity index (χ0n) is 11.5. The van der Waals surface area contributed by atoms with Gasteiger partial charge in [0.1, 0.15) is 12.4 Å². The van der Waals surface area contributed by atoms with Crippen LogP contribution >= 0.6 is 15.9 Å². The van der Waals surface area contributed by atoms with Gasteiger partial charge in [0.15, 0.2) is 0 Å². The maximum absolute atomic E-state index is 5.84. The van der Waals surface area contributed by atoms with Gasteiger partial charge in [0, 0.05) is 24.1 Å². The van der Waals surface area contributed by atoms with Crippen LogP contribution in [-0.4, -0.2) is 15.6 Å². The summed E-state index contributed by atoms with van der Waals surface area (Å²) in [5.74, 6) is 0.891. The molecule has 1 N–H and O–H groups in total. The molecule has 3 rings (SSSR count). The first-order valence-corrected chi connectivity index (χ1v) is 7.61. The molecule has 1 saturated carbocycles. The number of hydrogen-bond acceptors (Lipinski definition) is 3. The first kappa shape index (κ1) is 13.6. The van der Waals surface area contributed by atoms with Crippen molar-refractivity contribution in [3.63, 3.8) is 0 Å². The van der Waals surface area contributed by atoms with Gasteiger partial charge >= 0.3 is 0 Å². The van der Waals surface area contributed by atoms with Gasteiger partial charge < -0.3 is 14.6 Å². The van der Waals surface area contributed by atoms with E-state index in [1.165, 1.54) is 18.4 Å². The van der Waals surface area contributed by atoms with Crippen LogP contribution in [0.15, 0.2) is 35.2 Å². The van der Waals surface area contributed by atoms with E-state index in [4.69, 9.17) is 4.74 Å². The maximum Gasteiger partial charge on any atom is 0.130 e. The van der Waals surface area contributed by atoms with E-state index < -0.39 is 0 Å². The van der Waals surface area contributed by atoms with E-state index in [1.54, 1.807) is 6.33 Å². The Kier molecular flexibility index (Phi) is 4.08. The fraction of sp³-hybridized carbons (Fsp3) is 0.400. The highest BCUT2D eigenvalue weighted by Gasteiger charge is 2.20. The summed E-state index contributed by atoms with van der Waals surface area (Å²) in [7, 11) is 1.97.